The van der Waals surface area contributed by atoms with Gasteiger partial charge in [0.05, 0.1) is 0 Å². The predicted molar refractivity (Wildman–Crippen MR) is 120 cm³/mol. The van der Waals surface area contributed by atoms with Crippen molar-refractivity contribution >= 4 is 27.9 Å². The number of carbonyl (C=O) groups is 2. The average molecular weight is 493 g/mol. The lowest BCUT2D eigenvalue weighted by Crippen LogP contribution is -2.42. The Morgan fingerprint density at radius 3 is 2.61 bits per heavy atom. The van der Waals surface area contributed by atoms with E-state index < -0.39 is 11.7 Å². The first-order valence-corrected chi connectivity index (χ1v) is 11.2. The zero-order valence-corrected chi connectivity index (χ0v) is 19.7. The SMILES string of the molecule is CC(C)(C)OC(=O)NCC1CCN(C(=O)c2ccc(COc3cccc(Br)c3)o2)CC1. The number of rotatable bonds is 6. The number of nitrogens with zero attached hydrogens (tertiary/aromatic N) is 1. The smallest absolute Gasteiger partial charge is 0.407 e. The Hall–Kier alpha value is -2.48. The van der Waals surface area contributed by atoms with Crippen molar-refractivity contribution in [1.29, 1.82) is 0 Å². The molecule has 0 saturated carbocycles. The van der Waals surface area contributed by atoms with Gasteiger partial charge in [-0.3, -0.25) is 4.79 Å². The highest BCUT2D eigenvalue weighted by Gasteiger charge is 2.26. The van der Waals surface area contributed by atoms with Crippen molar-refractivity contribution in [3.05, 3.63) is 52.4 Å². The highest BCUT2D eigenvalue weighted by Crippen LogP contribution is 2.22. The molecule has 2 heterocycles. The van der Waals surface area contributed by atoms with E-state index in [1.54, 1.807) is 17.0 Å². The van der Waals surface area contributed by atoms with Gasteiger partial charge in [-0.15, -0.1) is 0 Å². The van der Waals surface area contributed by atoms with Crippen LogP contribution < -0.4 is 10.1 Å². The first kappa shape index (κ1) is 23.2. The molecule has 0 unspecified atom stereocenters. The fourth-order valence-electron chi connectivity index (χ4n) is 3.32. The number of ether oxygens (including phenoxy) is 2. The van der Waals surface area contributed by atoms with Crippen LogP contribution in [0.4, 0.5) is 4.79 Å². The van der Waals surface area contributed by atoms with E-state index in [1.165, 1.54) is 0 Å². The third-order valence-electron chi connectivity index (χ3n) is 4.89. The van der Waals surface area contributed by atoms with E-state index in [2.05, 4.69) is 21.2 Å². The van der Waals surface area contributed by atoms with E-state index in [0.29, 0.717) is 37.1 Å². The third kappa shape index (κ3) is 7.31. The number of piperidine rings is 1. The van der Waals surface area contributed by atoms with E-state index >= 15 is 0 Å². The zero-order chi connectivity index (χ0) is 22.4. The van der Waals surface area contributed by atoms with Crippen molar-refractivity contribution in [3.8, 4) is 5.75 Å². The van der Waals surface area contributed by atoms with Crippen LogP contribution in [0.15, 0.2) is 45.3 Å². The Morgan fingerprint density at radius 2 is 1.94 bits per heavy atom. The van der Waals surface area contributed by atoms with Gasteiger partial charge in [0.2, 0.25) is 0 Å². The highest BCUT2D eigenvalue weighted by atomic mass is 79.9. The molecule has 1 aromatic heterocycles. The largest absolute Gasteiger partial charge is 0.486 e. The molecule has 1 aliphatic heterocycles. The van der Waals surface area contributed by atoms with Gasteiger partial charge in [0.25, 0.3) is 5.91 Å². The quantitative estimate of drug-likeness (QED) is 0.613. The van der Waals surface area contributed by atoms with Crippen LogP contribution in [-0.2, 0) is 11.3 Å². The Balaban J connectivity index is 1.43. The molecule has 2 amide bonds. The Bertz CT molecular complexity index is 897. The van der Waals surface area contributed by atoms with Gasteiger partial charge in [-0.05, 0) is 69.9 Å². The third-order valence-corrected chi connectivity index (χ3v) is 5.38. The number of likely N-dealkylation sites (tertiary alicyclic amines) is 1. The van der Waals surface area contributed by atoms with E-state index in [9.17, 15) is 9.59 Å². The van der Waals surface area contributed by atoms with E-state index in [-0.39, 0.29) is 12.5 Å². The number of nitrogens with one attached hydrogen (secondary N) is 1. The molecule has 0 bridgehead atoms. The summed E-state index contributed by atoms with van der Waals surface area (Å²) in [6, 6.07) is 11.0. The van der Waals surface area contributed by atoms with E-state index in [0.717, 1.165) is 23.1 Å². The molecule has 1 aliphatic rings. The minimum absolute atomic E-state index is 0.118. The molecular weight excluding hydrogens is 464 g/mol. The van der Waals surface area contributed by atoms with Crippen LogP contribution in [0.3, 0.4) is 0 Å². The summed E-state index contributed by atoms with van der Waals surface area (Å²) in [4.78, 5) is 26.3. The summed E-state index contributed by atoms with van der Waals surface area (Å²) < 4.78 is 17.6. The Labute approximate surface area is 191 Å². The number of carbonyl (C=O) groups excluding carboxylic acids is 2. The summed E-state index contributed by atoms with van der Waals surface area (Å²) >= 11 is 3.41. The van der Waals surface area contributed by atoms with E-state index in [4.69, 9.17) is 13.9 Å². The average Bonchev–Trinajstić information content (AvgIpc) is 3.18. The molecule has 168 valence electrons. The molecule has 1 saturated heterocycles. The molecule has 0 spiro atoms. The van der Waals surface area contributed by atoms with Crippen LogP contribution in [-0.4, -0.2) is 42.1 Å². The van der Waals surface area contributed by atoms with Crippen molar-refractivity contribution in [2.24, 2.45) is 5.92 Å². The van der Waals surface area contributed by atoms with E-state index in [1.807, 2.05) is 45.0 Å². The lowest BCUT2D eigenvalue weighted by molar-refractivity contribution is 0.0497. The minimum atomic E-state index is -0.509. The molecule has 1 aromatic carbocycles. The molecule has 1 N–H and O–H groups in total. The van der Waals surface area contributed by atoms with Gasteiger partial charge in [-0.1, -0.05) is 22.0 Å². The molecule has 2 aromatic rings. The highest BCUT2D eigenvalue weighted by molar-refractivity contribution is 9.10. The molecule has 1 fully saturated rings. The van der Waals surface area contributed by atoms with Crippen molar-refractivity contribution in [2.75, 3.05) is 19.6 Å². The summed E-state index contributed by atoms with van der Waals surface area (Å²) in [6.45, 7) is 7.57. The summed E-state index contributed by atoms with van der Waals surface area (Å²) in [7, 11) is 0. The van der Waals surface area contributed by atoms with Gasteiger partial charge < -0.3 is 24.1 Å². The first-order chi connectivity index (χ1) is 14.7. The summed E-state index contributed by atoms with van der Waals surface area (Å²) in [6.07, 6.45) is 1.24. The number of benzene rings is 1. The number of alkyl carbamates (subject to hydrolysis) is 1. The molecular formula is C23H29BrN2O5. The first-order valence-electron chi connectivity index (χ1n) is 10.4. The topological polar surface area (TPSA) is 81.0 Å². The number of furan rings is 1. The normalized spacial score (nSPS) is 14.9. The second kappa shape index (κ2) is 10.2. The number of hydrogen-bond donors (Lipinski definition) is 1. The lowest BCUT2D eigenvalue weighted by atomic mass is 9.96. The summed E-state index contributed by atoms with van der Waals surface area (Å²) in [5, 5.41) is 2.82. The van der Waals surface area contributed by atoms with Crippen LogP contribution in [0, 0.1) is 5.92 Å². The van der Waals surface area contributed by atoms with Crippen LogP contribution >= 0.6 is 15.9 Å². The summed E-state index contributed by atoms with van der Waals surface area (Å²) in [5.74, 6) is 1.84. The molecule has 8 heteroatoms. The molecule has 0 atom stereocenters. The fourth-order valence-corrected chi connectivity index (χ4v) is 3.70. The van der Waals surface area contributed by atoms with Crippen LogP contribution in [0.2, 0.25) is 0 Å². The summed E-state index contributed by atoms with van der Waals surface area (Å²) in [5.41, 5.74) is -0.509. The van der Waals surface area contributed by atoms with Crippen LogP contribution in [0.25, 0.3) is 0 Å². The minimum Gasteiger partial charge on any atom is -0.486 e. The van der Waals surface area contributed by atoms with Crippen LogP contribution in [0.5, 0.6) is 5.75 Å². The molecule has 3 rings (SSSR count). The van der Waals surface area contributed by atoms with Crippen molar-refractivity contribution in [2.45, 2.75) is 45.8 Å². The maximum absolute atomic E-state index is 12.8. The molecule has 7 nitrogen and oxygen atoms in total. The molecule has 31 heavy (non-hydrogen) atoms. The maximum Gasteiger partial charge on any atom is 0.407 e. The van der Waals surface area contributed by atoms with Gasteiger partial charge in [0.15, 0.2) is 5.76 Å². The van der Waals surface area contributed by atoms with Crippen molar-refractivity contribution in [3.63, 3.8) is 0 Å². The monoisotopic (exact) mass is 492 g/mol. The van der Waals surface area contributed by atoms with Crippen molar-refractivity contribution in [1.82, 2.24) is 10.2 Å². The van der Waals surface area contributed by atoms with Gasteiger partial charge in [-0.25, -0.2) is 4.79 Å². The van der Waals surface area contributed by atoms with Gasteiger partial charge in [0.1, 0.15) is 23.7 Å². The zero-order valence-electron chi connectivity index (χ0n) is 18.2. The number of hydrogen-bond acceptors (Lipinski definition) is 5. The predicted octanol–water partition coefficient (Wildman–Crippen LogP) is 5.00. The number of amides is 2. The standard InChI is InChI=1S/C23H29BrN2O5/c1-23(2,3)31-22(28)25-14-16-9-11-26(12-10-16)21(27)20-8-7-19(30-20)15-29-18-6-4-5-17(24)13-18/h4-8,13,16H,9-12,14-15H2,1-3H3,(H,25,28). The fraction of sp³-hybridized carbons (Fsp3) is 0.478. The van der Waals surface area contributed by atoms with Gasteiger partial charge in [-0.2, -0.15) is 0 Å². The second-order valence-corrected chi connectivity index (χ2v) is 9.55. The Morgan fingerprint density at radius 1 is 1.19 bits per heavy atom. The van der Waals surface area contributed by atoms with Crippen molar-refractivity contribution < 1.29 is 23.5 Å². The molecule has 0 radical (unpaired) electrons. The van der Waals surface area contributed by atoms with Gasteiger partial charge in [0, 0.05) is 24.1 Å². The van der Waals surface area contributed by atoms with Crippen LogP contribution in [0.1, 0.15) is 49.9 Å². The molecule has 0 aliphatic carbocycles. The Kier molecular flexibility index (Phi) is 7.64. The lowest BCUT2D eigenvalue weighted by Gasteiger charge is -2.31. The second-order valence-electron chi connectivity index (χ2n) is 8.63. The van der Waals surface area contributed by atoms with Gasteiger partial charge >= 0.3 is 6.09 Å². The maximum atomic E-state index is 12.8. The number of halogens is 1.